The van der Waals surface area contributed by atoms with Gasteiger partial charge in [0, 0.05) is 16.7 Å². The van der Waals surface area contributed by atoms with Crippen LogP contribution < -0.4 is 0 Å². The number of aromatic nitrogens is 2. The summed E-state index contributed by atoms with van der Waals surface area (Å²) in [6.07, 6.45) is 0. The predicted octanol–water partition coefficient (Wildman–Crippen LogP) is 5.35. The Kier molecular flexibility index (Phi) is 4.24. The SMILES string of the molecule is N#Cc1ccccc1-c1cc(-c2ccccc2)nc(-c2ccccc2)n1. The van der Waals surface area contributed by atoms with E-state index in [1.807, 2.05) is 91.0 Å². The normalized spacial score (nSPS) is 10.3. The van der Waals surface area contributed by atoms with Crippen molar-refractivity contribution in [3.63, 3.8) is 0 Å². The van der Waals surface area contributed by atoms with E-state index in [0.29, 0.717) is 11.4 Å². The number of benzene rings is 3. The second-order valence-electron chi connectivity index (χ2n) is 5.85. The van der Waals surface area contributed by atoms with E-state index in [4.69, 9.17) is 9.97 Å². The van der Waals surface area contributed by atoms with Crippen LogP contribution in [0.3, 0.4) is 0 Å². The molecule has 122 valence electrons. The lowest BCUT2D eigenvalue weighted by Crippen LogP contribution is -1.96. The van der Waals surface area contributed by atoms with Gasteiger partial charge in [0.2, 0.25) is 0 Å². The molecule has 0 N–H and O–H groups in total. The quantitative estimate of drug-likeness (QED) is 0.508. The molecule has 0 unspecified atom stereocenters. The fraction of sp³-hybridized carbons (Fsp3) is 0. The van der Waals surface area contributed by atoms with Crippen LogP contribution in [0.4, 0.5) is 0 Å². The van der Waals surface area contributed by atoms with Gasteiger partial charge in [-0.15, -0.1) is 0 Å². The number of nitriles is 1. The zero-order chi connectivity index (χ0) is 17.8. The summed E-state index contributed by atoms with van der Waals surface area (Å²) in [5, 5.41) is 9.46. The Bertz CT molecular complexity index is 1020. The van der Waals surface area contributed by atoms with Crippen molar-refractivity contribution in [2.75, 3.05) is 0 Å². The minimum atomic E-state index is 0.601. The molecule has 1 heterocycles. The van der Waals surface area contributed by atoms with Crippen LogP contribution in [0.5, 0.6) is 0 Å². The van der Waals surface area contributed by atoms with Crippen molar-refractivity contribution in [2.24, 2.45) is 0 Å². The fourth-order valence-electron chi connectivity index (χ4n) is 2.86. The van der Waals surface area contributed by atoms with Gasteiger partial charge in [0.15, 0.2) is 5.82 Å². The minimum Gasteiger partial charge on any atom is -0.228 e. The summed E-state index contributed by atoms with van der Waals surface area (Å²) < 4.78 is 0. The van der Waals surface area contributed by atoms with Crippen molar-refractivity contribution < 1.29 is 0 Å². The van der Waals surface area contributed by atoms with Crippen LogP contribution in [0.25, 0.3) is 33.9 Å². The van der Waals surface area contributed by atoms with Crippen molar-refractivity contribution in [3.05, 3.63) is 96.6 Å². The van der Waals surface area contributed by atoms with E-state index in [2.05, 4.69) is 6.07 Å². The van der Waals surface area contributed by atoms with Crippen LogP contribution >= 0.6 is 0 Å². The Labute approximate surface area is 152 Å². The molecule has 3 nitrogen and oxygen atoms in total. The summed E-state index contributed by atoms with van der Waals surface area (Å²) in [7, 11) is 0. The summed E-state index contributed by atoms with van der Waals surface area (Å²) in [4.78, 5) is 9.51. The number of nitrogens with zero attached hydrogens (tertiary/aromatic N) is 3. The maximum absolute atomic E-state index is 9.46. The molecule has 0 aliphatic carbocycles. The van der Waals surface area contributed by atoms with Crippen LogP contribution in [0.2, 0.25) is 0 Å². The zero-order valence-corrected chi connectivity index (χ0v) is 14.0. The van der Waals surface area contributed by atoms with E-state index in [1.54, 1.807) is 0 Å². The van der Waals surface area contributed by atoms with Gasteiger partial charge in [-0.3, -0.25) is 0 Å². The second kappa shape index (κ2) is 7.00. The first-order valence-electron chi connectivity index (χ1n) is 8.34. The average molecular weight is 333 g/mol. The summed E-state index contributed by atoms with van der Waals surface area (Å²) in [5.41, 5.74) is 4.96. The highest BCUT2D eigenvalue weighted by atomic mass is 14.9. The van der Waals surface area contributed by atoms with Crippen LogP contribution in [0.1, 0.15) is 5.56 Å². The van der Waals surface area contributed by atoms with Gasteiger partial charge in [0.05, 0.1) is 23.0 Å². The van der Waals surface area contributed by atoms with E-state index in [9.17, 15) is 5.26 Å². The topological polar surface area (TPSA) is 49.6 Å². The number of hydrogen-bond donors (Lipinski definition) is 0. The van der Waals surface area contributed by atoms with Crippen molar-refractivity contribution in [1.82, 2.24) is 9.97 Å². The van der Waals surface area contributed by atoms with E-state index in [-0.39, 0.29) is 0 Å². The van der Waals surface area contributed by atoms with Crippen molar-refractivity contribution in [2.45, 2.75) is 0 Å². The third-order valence-electron chi connectivity index (χ3n) is 4.15. The van der Waals surface area contributed by atoms with Gasteiger partial charge in [-0.25, -0.2) is 9.97 Å². The molecule has 26 heavy (non-hydrogen) atoms. The lowest BCUT2D eigenvalue weighted by Gasteiger charge is -2.10. The molecule has 0 bridgehead atoms. The van der Waals surface area contributed by atoms with Crippen LogP contribution in [-0.4, -0.2) is 9.97 Å². The molecular formula is C23H15N3. The molecule has 0 saturated carbocycles. The van der Waals surface area contributed by atoms with Gasteiger partial charge in [0.1, 0.15) is 0 Å². The Hall–Kier alpha value is -3.77. The fourth-order valence-corrected chi connectivity index (χ4v) is 2.86. The first kappa shape index (κ1) is 15.7. The minimum absolute atomic E-state index is 0.601. The highest BCUT2D eigenvalue weighted by Crippen LogP contribution is 2.28. The van der Waals surface area contributed by atoms with Gasteiger partial charge in [-0.2, -0.15) is 5.26 Å². The summed E-state index contributed by atoms with van der Waals surface area (Å²) in [6, 6.07) is 31.6. The van der Waals surface area contributed by atoms with Gasteiger partial charge in [-0.1, -0.05) is 78.9 Å². The standard InChI is InChI=1S/C23H15N3/c24-16-19-13-7-8-14-20(19)22-15-21(17-9-3-1-4-10-17)25-23(26-22)18-11-5-2-6-12-18/h1-15H. The smallest absolute Gasteiger partial charge is 0.160 e. The van der Waals surface area contributed by atoms with Crippen molar-refractivity contribution in [3.8, 4) is 40.0 Å². The number of rotatable bonds is 3. The molecule has 0 saturated heterocycles. The third-order valence-corrected chi connectivity index (χ3v) is 4.15. The summed E-state index contributed by atoms with van der Waals surface area (Å²) >= 11 is 0. The van der Waals surface area contributed by atoms with Crippen molar-refractivity contribution >= 4 is 0 Å². The average Bonchev–Trinajstić information content (AvgIpc) is 2.74. The molecule has 0 aliphatic rings. The lowest BCUT2D eigenvalue weighted by atomic mass is 10.0. The molecule has 0 fully saturated rings. The summed E-state index contributed by atoms with van der Waals surface area (Å²) in [6.45, 7) is 0. The zero-order valence-electron chi connectivity index (χ0n) is 14.0. The Balaban J connectivity index is 1.96. The highest BCUT2D eigenvalue weighted by molar-refractivity contribution is 5.74. The third kappa shape index (κ3) is 3.09. The lowest BCUT2D eigenvalue weighted by molar-refractivity contribution is 1.18. The maximum atomic E-state index is 9.46. The Morgan fingerprint density at radius 2 is 1.19 bits per heavy atom. The van der Waals surface area contributed by atoms with Crippen molar-refractivity contribution in [1.29, 1.82) is 5.26 Å². The van der Waals surface area contributed by atoms with Gasteiger partial charge >= 0.3 is 0 Å². The van der Waals surface area contributed by atoms with Gasteiger partial charge < -0.3 is 0 Å². The largest absolute Gasteiger partial charge is 0.228 e. The molecule has 4 rings (SSSR count). The maximum Gasteiger partial charge on any atom is 0.160 e. The van der Waals surface area contributed by atoms with E-state index < -0.39 is 0 Å². The molecule has 1 aromatic heterocycles. The molecule has 0 amide bonds. The summed E-state index contributed by atoms with van der Waals surface area (Å²) in [5.74, 6) is 0.648. The first-order valence-corrected chi connectivity index (χ1v) is 8.34. The molecule has 0 spiro atoms. The van der Waals surface area contributed by atoms with E-state index >= 15 is 0 Å². The van der Waals surface area contributed by atoms with E-state index in [1.165, 1.54) is 0 Å². The molecule has 0 atom stereocenters. The monoisotopic (exact) mass is 333 g/mol. The second-order valence-corrected chi connectivity index (χ2v) is 5.85. The Morgan fingerprint density at radius 3 is 1.88 bits per heavy atom. The predicted molar refractivity (Wildman–Crippen MR) is 103 cm³/mol. The molecule has 3 heteroatoms. The van der Waals surface area contributed by atoms with E-state index in [0.717, 1.165) is 28.1 Å². The molecule has 4 aromatic rings. The molecule has 0 radical (unpaired) electrons. The molecular weight excluding hydrogens is 318 g/mol. The van der Waals surface area contributed by atoms with Crippen LogP contribution in [0.15, 0.2) is 91.0 Å². The first-order chi connectivity index (χ1) is 12.8. The van der Waals surface area contributed by atoms with Gasteiger partial charge in [-0.05, 0) is 12.1 Å². The van der Waals surface area contributed by atoms with Gasteiger partial charge in [0.25, 0.3) is 0 Å². The highest BCUT2D eigenvalue weighted by Gasteiger charge is 2.12. The van der Waals surface area contributed by atoms with Crippen LogP contribution in [-0.2, 0) is 0 Å². The molecule has 0 aliphatic heterocycles. The van der Waals surface area contributed by atoms with Crippen LogP contribution in [0, 0.1) is 11.3 Å². The molecule has 3 aromatic carbocycles. The Morgan fingerprint density at radius 1 is 0.615 bits per heavy atom. The number of hydrogen-bond acceptors (Lipinski definition) is 3.